The van der Waals surface area contributed by atoms with Crippen LogP contribution in [0.25, 0.3) is 0 Å². The Hall–Kier alpha value is -1.95. The third kappa shape index (κ3) is 4.81. The van der Waals surface area contributed by atoms with E-state index in [0.29, 0.717) is 17.3 Å². The van der Waals surface area contributed by atoms with Crippen LogP contribution in [-0.4, -0.2) is 48.4 Å². The van der Waals surface area contributed by atoms with Crippen LogP contribution in [0, 0.1) is 5.82 Å². The van der Waals surface area contributed by atoms with E-state index >= 15 is 0 Å². The van der Waals surface area contributed by atoms with Crippen molar-refractivity contribution < 1.29 is 9.18 Å². The van der Waals surface area contributed by atoms with Crippen molar-refractivity contribution in [3.8, 4) is 0 Å². The maximum atomic E-state index is 13.1. The summed E-state index contributed by atoms with van der Waals surface area (Å²) in [5.41, 5.74) is 1.75. The molecule has 1 aliphatic rings. The Balaban J connectivity index is 1.48. The average molecular weight is 376 g/mol. The molecule has 6 heteroatoms. The van der Waals surface area contributed by atoms with Gasteiger partial charge in [0.25, 0.3) is 0 Å². The lowest BCUT2D eigenvalue weighted by atomic mass is 10.1. The molecule has 0 bridgehead atoms. The number of carbonyl (C=O) groups excluding carboxylic acids is 1. The minimum atomic E-state index is -0.213. The van der Waals surface area contributed by atoms with Crippen molar-refractivity contribution in [2.45, 2.75) is 13.0 Å². The van der Waals surface area contributed by atoms with E-state index in [1.165, 1.54) is 12.1 Å². The topological polar surface area (TPSA) is 35.6 Å². The number of para-hydroxylation sites is 1. The van der Waals surface area contributed by atoms with Crippen LogP contribution in [0.5, 0.6) is 0 Å². The molecule has 0 aliphatic carbocycles. The molecule has 138 valence electrons. The van der Waals surface area contributed by atoms with E-state index in [-0.39, 0.29) is 17.8 Å². The van der Waals surface area contributed by atoms with Gasteiger partial charge in [-0.3, -0.25) is 14.6 Å². The van der Waals surface area contributed by atoms with Crippen molar-refractivity contribution in [1.82, 2.24) is 9.80 Å². The van der Waals surface area contributed by atoms with Gasteiger partial charge >= 0.3 is 0 Å². The molecule has 26 heavy (non-hydrogen) atoms. The Morgan fingerprint density at radius 3 is 2.42 bits per heavy atom. The quantitative estimate of drug-likeness (QED) is 0.863. The second-order valence-corrected chi connectivity index (χ2v) is 6.97. The first kappa shape index (κ1) is 18.8. The summed E-state index contributed by atoms with van der Waals surface area (Å²) in [7, 11) is 0. The van der Waals surface area contributed by atoms with E-state index in [2.05, 4.69) is 22.0 Å². The average Bonchev–Trinajstić information content (AvgIpc) is 2.64. The van der Waals surface area contributed by atoms with Crippen molar-refractivity contribution in [3.63, 3.8) is 0 Å². The molecule has 1 heterocycles. The summed E-state index contributed by atoms with van der Waals surface area (Å²) in [5.74, 6) is -0.270. The molecule has 1 amide bonds. The Kier molecular flexibility index (Phi) is 6.25. The summed E-state index contributed by atoms with van der Waals surface area (Å²) < 4.78 is 13.1. The molecule has 1 saturated heterocycles. The van der Waals surface area contributed by atoms with E-state index in [1.54, 1.807) is 12.1 Å². The SMILES string of the molecule is C[C@H](c1ccc(F)cc1)N1CCN(CC(=O)Nc2ccccc2Cl)CC1. The first-order valence-corrected chi connectivity index (χ1v) is 9.17. The van der Waals surface area contributed by atoms with E-state index in [4.69, 9.17) is 11.6 Å². The summed E-state index contributed by atoms with van der Waals surface area (Å²) in [6, 6.07) is 14.1. The number of hydrogen-bond donors (Lipinski definition) is 1. The second kappa shape index (κ2) is 8.62. The predicted molar refractivity (Wildman–Crippen MR) is 103 cm³/mol. The number of rotatable bonds is 5. The van der Waals surface area contributed by atoms with Crippen LogP contribution in [0.1, 0.15) is 18.5 Å². The summed E-state index contributed by atoms with van der Waals surface area (Å²) >= 11 is 6.07. The number of amides is 1. The molecular formula is C20H23ClFN3O. The molecule has 0 unspecified atom stereocenters. The zero-order valence-electron chi connectivity index (χ0n) is 14.8. The molecule has 0 spiro atoms. The fourth-order valence-electron chi connectivity index (χ4n) is 3.22. The van der Waals surface area contributed by atoms with Crippen molar-refractivity contribution in [2.24, 2.45) is 0 Å². The molecule has 1 aliphatic heterocycles. The highest BCUT2D eigenvalue weighted by Crippen LogP contribution is 2.22. The predicted octanol–water partition coefficient (Wildman–Crippen LogP) is 3.80. The van der Waals surface area contributed by atoms with Gasteiger partial charge in [0.05, 0.1) is 17.3 Å². The molecule has 1 fully saturated rings. The van der Waals surface area contributed by atoms with Crippen molar-refractivity contribution in [2.75, 3.05) is 38.0 Å². The molecule has 2 aromatic carbocycles. The zero-order chi connectivity index (χ0) is 18.5. The van der Waals surface area contributed by atoms with Crippen LogP contribution in [0.2, 0.25) is 5.02 Å². The third-order valence-electron chi connectivity index (χ3n) is 4.82. The minimum Gasteiger partial charge on any atom is -0.324 e. The maximum Gasteiger partial charge on any atom is 0.238 e. The lowest BCUT2D eigenvalue weighted by Crippen LogP contribution is -2.49. The van der Waals surface area contributed by atoms with Gasteiger partial charge in [-0.1, -0.05) is 35.9 Å². The highest BCUT2D eigenvalue weighted by atomic mass is 35.5. The fourth-order valence-corrected chi connectivity index (χ4v) is 3.40. The van der Waals surface area contributed by atoms with Crippen LogP contribution < -0.4 is 5.32 Å². The third-order valence-corrected chi connectivity index (χ3v) is 5.15. The fraction of sp³-hybridized carbons (Fsp3) is 0.350. The first-order valence-electron chi connectivity index (χ1n) is 8.79. The van der Waals surface area contributed by atoms with Gasteiger partial charge in [0.2, 0.25) is 5.91 Å². The van der Waals surface area contributed by atoms with Gasteiger partial charge in [-0.25, -0.2) is 4.39 Å². The number of anilines is 1. The standard InChI is InChI=1S/C20H23ClFN3O/c1-15(16-6-8-17(22)9-7-16)25-12-10-24(11-13-25)14-20(26)23-19-5-3-2-4-18(19)21/h2-9,15H,10-14H2,1H3,(H,23,26)/t15-/m1/s1. The van der Waals surface area contributed by atoms with E-state index in [0.717, 1.165) is 31.7 Å². The summed E-state index contributed by atoms with van der Waals surface area (Å²) in [6.45, 7) is 5.87. The number of piperazine rings is 1. The van der Waals surface area contributed by atoms with Crippen LogP contribution in [-0.2, 0) is 4.79 Å². The molecule has 4 nitrogen and oxygen atoms in total. The van der Waals surface area contributed by atoms with Crippen LogP contribution in [0.15, 0.2) is 48.5 Å². The maximum absolute atomic E-state index is 13.1. The largest absolute Gasteiger partial charge is 0.324 e. The second-order valence-electron chi connectivity index (χ2n) is 6.57. The number of carbonyl (C=O) groups is 1. The number of benzene rings is 2. The van der Waals surface area contributed by atoms with Crippen LogP contribution >= 0.6 is 11.6 Å². The number of halogens is 2. The van der Waals surface area contributed by atoms with Gasteiger partial charge < -0.3 is 5.32 Å². The normalized spacial score (nSPS) is 17.0. The van der Waals surface area contributed by atoms with Crippen LogP contribution in [0.4, 0.5) is 10.1 Å². The van der Waals surface area contributed by atoms with Gasteiger partial charge in [-0.05, 0) is 36.8 Å². The lowest BCUT2D eigenvalue weighted by Gasteiger charge is -2.38. The number of nitrogens with one attached hydrogen (secondary N) is 1. The molecule has 3 rings (SSSR count). The molecule has 0 radical (unpaired) electrons. The highest BCUT2D eigenvalue weighted by molar-refractivity contribution is 6.33. The van der Waals surface area contributed by atoms with Gasteiger partial charge in [0.15, 0.2) is 0 Å². The molecule has 1 N–H and O–H groups in total. The van der Waals surface area contributed by atoms with E-state index < -0.39 is 0 Å². The number of hydrogen-bond acceptors (Lipinski definition) is 3. The minimum absolute atomic E-state index is 0.0573. The molecule has 2 aromatic rings. The molecule has 1 atom stereocenters. The Morgan fingerprint density at radius 2 is 1.77 bits per heavy atom. The Morgan fingerprint density at radius 1 is 1.12 bits per heavy atom. The molecule has 0 aromatic heterocycles. The summed E-state index contributed by atoms with van der Waals surface area (Å²) in [6.07, 6.45) is 0. The van der Waals surface area contributed by atoms with Crippen LogP contribution in [0.3, 0.4) is 0 Å². The van der Waals surface area contributed by atoms with Gasteiger partial charge in [-0.2, -0.15) is 0 Å². The van der Waals surface area contributed by atoms with Crippen molar-refractivity contribution in [3.05, 3.63) is 64.9 Å². The van der Waals surface area contributed by atoms with E-state index in [9.17, 15) is 9.18 Å². The smallest absolute Gasteiger partial charge is 0.238 e. The number of nitrogens with zero attached hydrogens (tertiary/aromatic N) is 2. The first-order chi connectivity index (χ1) is 12.5. The van der Waals surface area contributed by atoms with Gasteiger partial charge in [0, 0.05) is 32.2 Å². The van der Waals surface area contributed by atoms with Crippen molar-refractivity contribution in [1.29, 1.82) is 0 Å². The molecule has 0 saturated carbocycles. The van der Waals surface area contributed by atoms with E-state index in [1.807, 2.05) is 24.3 Å². The monoisotopic (exact) mass is 375 g/mol. The highest BCUT2D eigenvalue weighted by Gasteiger charge is 2.23. The summed E-state index contributed by atoms with van der Waals surface area (Å²) in [4.78, 5) is 16.7. The van der Waals surface area contributed by atoms with Gasteiger partial charge in [0.1, 0.15) is 5.82 Å². The summed E-state index contributed by atoms with van der Waals surface area (Å²) in [5, 5.41) is 3.40. The lowest BCUT2D eigenvalue weighted by molar-refractivity contribution is -0.117. The molecular weight excluding hydrogens is 353 g/mol. The Labute approximate surface area is 158 Å². The zero-order valence-corrected chi connectivity index (χ0v) is 15.5. The van der Waals surface area contributed by atoms with Gasteiger partial charge in [-0.15, -0.1) is 0 Å². The van der Waals surface area contributed by atoms with Crippen molar-refractivity contribution >= 4 is 23.2 Å². The Bertz CT molecular complexity index is 745.